The molecule has 0 spiro atoms. The van der Waals surface area contributed by atoms with Crippen LogP contribution in [0.25, 0.3) is 0 Å². The van der Waals surface area contributed by atoms with E-state index in [9.17, 15) is 4.39 Å². The Hall–Kier alpha value is -0.560. The lowest BCUT2D eigenvalue weighted by Gasteiger charge is -2.04. The first-order valence-electron chi connectivity index (χ1n) is 4.03. The van der Waals surface area contributed by atoms with Crippen molar-refractivity contribution >= 4 is 11.6 Å². The molecule has 0 aliphatic rings. The van der Waals surface area contributed by atoms with Crippen LogP contribution in [0, 0.1) is 11.7 Å². The van der Waals surface area contributed by atoms with Gasteiger partial charge in [-0.1, -0.05) is 31.5 Å². The molecule has 0 saturated carbocycles. The molecule has 66 valence electrons. The minimum Gasteiger partial charge on any atom is -0.205 e. The third kappa shape index (κ3) is 2.49. The highest BCUT2D eigenvalue weighted by Gasteiger charge is 2.02. The highest BCUT2D eigenvalue weighted by atomic mass is 35.5. The molecule has 0 nitrogen and oxygen atoms in total. The summed E-state index contributed by atoms with van der Waals surface area (Å²) in [4.78, 5) is 0. The minimum absolute atomic E-state index is 0.216. The highest BCUT2D eigenvalue weighted by molar-refractivity contribution is 6.30. The van der Waals surface area contributed by atoms with Crippen LogP contribution >= 0.6 is 11.6 Å². The topological polar surface area (TPSA) is 0 Å². The maximum absolute atomic E-state index is 12.7. The van der Waals surface area contributed by atoms with Gasteiger partial charge in [-0.3, -0.25) is 0 Å². The second-order valence-corrected chi connectivity index (χ2v) is 3.75. The quantitative estimate of drug-likeness (QED) is 0.661. The van der Waals surface area contributed by atoms with Crippen molar-refractivity contribution in [3.8, 4) is 0 Å². The SMILES string of the molecule is CC(C)Cc1ccc(F)c(Cl)c1. The van der Waals surface area contributed by atoms with E-state index in [1.54, 1.807) is 12.1 Å². The van der Waals surface area contributed by atoms with Gasteiger partial charge in [0.15, 0.2) is 0 Å². The first-order chi connectivity index (χ1) is 5.59. The van der Waals surface area contributed by atoms with E-state index in [0.29, 0.717) is 5.92 Å². The van der Waals surface area contributed by atoms with E-state index in [1.165, 1.54) is 6.07 Å². The third-order valence-electron chi connectivity index (χ3n) is 1.63. The molecular formula is C10H12ClF. The van der Waals surface area contributed by atoms with Crippen LogP contribution in [-0.4, -0.2) is 0 Å². The smallest absolute Gasteiger partial charge is 0.141 e. The van der Waals surface area contributed by atoms with Crippen LogP contribution < -0.4 is 0 Å². The van der Waals surface area contributed by atoms with E-state index in [2.05, 4.69) is 13.8 Å². The Labute approximate surface area is 77.4 Å². The number of halogens is 2. The molecule has 12 heavy (non-hydrogen) atoms. The maximum atomic E-state index is 12.7. The fourth-order valence-corrected chi connectivity index (χ4v) is 1.34. The summed E-state index contributed by atoms with van der Waals surface area (Å²) in [6.45, 7) is 4.24. The Morgan fingerprint density at radius 1 is 1.42 bits per heavy atom. The van der Waals surface area contributed by atoms with E-state index in [0.717, 1.165) is 12.0 Å². The molecule has 0 aromatic heterocycles. The van der Waals surface area contributed by atoms with Crippen molar-refractivity contribution in [1.29, 1.82) is 0 Å². The first kappa shape index (κ1) is 9.53. The summed E-state index contributed by atoms with van der Waals surface area (Å²) in [6.07, 6.45) is 0.944. The zero-order valence-electron chi connectivity index (χ0n) is 7.27. The van der Waals surface area contributed by atoms with Gasteiger partial charge in [0, 0.05) is 0 Å². The van der Waals surface area contributed by atoms with E-state index in [4.69, 9.17) is 11.6 Å². The summed E-state index contributed by atoms with van der Waals surface area (Å²) in [6, 6.07) is 4.89. The summed E-state index contributed by atoms with van der Waals surface area (Å²) in [5.41, 5.74) is 1.09. The Morgan fingerprint density at radius 2 is 2.08 bits per heavy atom. The fourth-order valence-electron chi connectivity index (χ4n) is 1.14. The monoisotopic (exact) mass is 186 g/mol. The van der Waals surface area contributed by atoms with Crippen LogP contribution in [-0.2, 0) is 6.42 Å². The highest BCUT2D eigenvalue weighted by Crippen LogP contribution is 2.17. The lowest BCUT2D eigenvalue weighted by molar-refractivity contribution is 0.621. The van der Waals surface area contributed by atoms with Gasteiger partial charge in [0.05, 0.1) is 5.02 Å². The molecule has 0 radical (unpaired) electrons. The molecule has 0 bridgehead atoms. The molecule has 1 aromatic rings. The van der Waals surface area contributed by atoms with Gasteiger partial charge in [0.1, 0.15) is 5.82 Å². The van der Waals surface area contributed by atoms with Crippen molar-refractivity contribution in [2.75, 3.05) is 0 Å². The van der Waals surface area contributed by atoms with Crippen molar-refractivity contribution in [3.63, 3.8) is 0 Å². The van der Waals surface area contributed by atoms with E-state index in [-0.39, 0.29) is 10.8 Å². The second-order valence-electron chi connectivity index (χ2n) is 3.35. The van der Waals surface area contributed by atoms with Crippen LogP contribution in [0.1, 0.15) is 19.4 Å². The predicted octanol–water partition coefficient (Wildman–Crippen LogP) is 3.68. The molecule has 0 saturated heterocycles. The zero-order valence-corrected chi connectivity index (χ0v) is 8.03. The van der Waals surface area contributed by atoms with Gasteiger partial charge in [-0.15, -0.1) is 0 Å². The standard InChI is InChI=1S/C10H12ClF/c1-7(2)5-8-3-4-10(12)9(11)6-8/h3-4,6-7H,5H2,1-2H3. The first-order valence-corrected chi connectivity index (χ1v) is 4.41. The largest absolute Gasteiger partial charge is 0.205 e. The van der Waals surface area contributed by atoms with Crippen molar-refractivity contribution in [1.82, 2.24) is 0 Å². The molecule has 0 fully saturated rings. The Bertz CT molecular complexity index is 269. The number of benzene rings is 1. The molecular weight excluding hydrogens is 175 g/mol. The van der Waals surface area contributed by atoms with Crippen LogP contribution in [0.15, 0.2) is 18.2 Å². The Kier molecular flexibility index (Phi) is 3.10. The molecule has 0 aliphatic heterocycles. The lowest BCUT2D eigenvalue weighted by Crippen LogP contribution is -1.94. The zero-order chi connectivity index (χ0) is 9.14. The van der Waals surface area contributed by atoms with Gasteiger partial charge in [-0.2, -0.15) is 0 Å². The van der Waals surface area contributed by atoms with E-state index < -0.39 is 0 Å². The molecule has 0 amide bonds. The minimum atomic E-state index is -0.343. The number of rotatable bonds is 2. The number of hydrogen-bond donors (Lipinski definition) is 0. The molecule has 0 N–H and O–H groups in total. The average Bonchev–Trinajstić information content (AvgIpc) is 1.96. The van der Waals surface area contributed by atoms with Gasteiger partial charge in [-0.25, -0.2) is 4.39 Å². The fraction of sp³-hybridized carbons (Fsp3) is 0.400. The molecule has 0 aliphatic carbocycles. The molecule has 0 heterocycles. The maximum Gasteiger partial charge on any atom is 0.141 e. The van der Waals surface area contributed by atoms with Crippen LogP contribution in [0.3, 0.4) is 0 Å². The van der Waals surface area contributed by atoms with Gasteiger partial charge in [0.2, 0.25) is 0 Å². The summed E-state index contributed by atoms with van der Waals surface area (Å²) in [5.74, 6) is 0.232. The predicted molar refractivity (Wildman–Crippen MR) is 50.0 cm³/mol. The second kappa shape index (κ2) is 3.90. The Morgan fingerprint density at radius 3 is 2.58 bits per heavy atom. The normalized spacial score (nSPS) is 10.8. The summed E-state index contributed by atoms with van der Waals surface area (Å²) in [5, 5.41) is 0.216. The summed E-state index contributed by atoms with van der Waals surface area (Å²) in [7, 11) is 0. The molecule has 2 heteroatoms. The van der Waals surface area contributed by atoms with Crippen molar-refractivity contribution in [2.45, 2.75) is 20.3 Å². The van der Waals surface area contributed by atoms with Gasteiger partial charge in [0.25, 0.3) is 0 Å². The summed E-state index contributed by atoms with van der Waals surface area (Å²) >= 11 is 5.62. The van der Waals surface area contributed by atoms with Gasteiger partial charge < -0.3 is 0 Å². The molecule has 1 rings (SSSR count). The van der Waals surface area contributed by atoms with Crippen molar-refractivity contribution < 1.29 is 4.39 Å². The molecule has 0 atom stereocenters. The Balaban J connectivity index is 2.82. The van der Waals surface area contributed by atoms with Gasteiger partial charge >= 0.3 is 0 Å². The van der Waals surface area contributed by atoms with E-state index in [1.807, 2.05) is 0 Å². The van der Waals surface area contributed by atoms with Crippen LogP contribution in [0.4, 0.5) is 4.39 Å². The van der Waals surface area contributed by atoms with Crippen molar-refractivity contribution in [3.05, 3.63) is 34.6 Å². The molecule has 1 aromatic carbocycles. The average molecular weight is 187 g/mol. The van der Waals surface area contributed by atoms with Crippen molar-refractivity contribution in [2.24, 2.45) is 5.92 Å². The van der Waals surface area contributed by atoms with Crippen LogP contribution in [0.2, 0.25) is 5.02 Å². The molecule has 0 unspecified atom stereocenters. The summed E-state index contributed by atoms with van der Waals surface area (Å²) < 4.78 is 12.7. The van der Waals surface area contributed by atoms with E-state index >= 15 is 0 Å². The third-order valence-corrected chi connectivity index (χ3v) is 1.92. The number of hydrogen-bond acceptors (Lipinski definition) is 0. The lowest BCUT2D eigenvalue weighted by atomic mass is 10.0. The van der Waals surface area contributed by atoms with Crippen LogP contribution in [0.5, 0.6) is 0 Å². The van der Waals surface area contributed by atoms with Gasteiger partial charge in [-0.05, 0) is 30.0 Å².